The Bertz CT molecular complexity index is 965. The number of thioether (sulfide) groups is 1. The number of benzene rings is 2. The molecule has 1 amide bonds. The predicted octanol–water partition coefficient (Wildman–Crippen LogP) is 3.74. The highest BCUT2D eigenvalue weighted by Crippen LogP contribution is 2.29. The van der Waals surface area contributed by atoms with E-state index in [0.717, 1.165) is 27.2 Å². The number of aryl methyl sites for hydroxylation is 1. The van der Waals surface area contributed by atoms with Crippen molar-refractivity contribution in [1.82, 2.24) is 4.98 Å². The van der Waals surface area contributed by atoms with E-state index in [-0.39, 0.29) is 17.4 Å². The minimum absolute atomic E-state index is 0.0228. The molecule has 0 aliphatic heterocycles. The number of fused-ring (bicyclic) bond motifs is 1. The Morgan fingerprint density at radius 2 is 1.85 bits per heavy atom. The van der Waals surface area contributed by atoms with E-state index < -0.39 is 6.04 Å². The molecule has 26 heavy (non-hydrogen) atoms. The van der Waals surface area contributed by atoms with E-state index >= 15 is 0 Å². The molecule has 3 rings (SSSR count). The van der Waals surface area contributed by atoms with Crippen LogP contribution >= 0.6 is 11.8 Å². The van der Waals surface area contributed by atoms with Gasteiger partial charge in [0.1, 0.15) is 0 Å². The second-order valence-electron chi connectivity index (χ2n) is 6.15. The van der Waals surface area contributed by atoms with Crippen LogP contribution in [0.2, 0.25) is 0 Å². The Kier molecular flexibility index (Phi) is 5.32. The van der Waals surface area contributed by atoms with Crippen LogP contribution in [0.15, 0.2) is 53.4 Å². The number of anilines is 1. The second-order valence-corrected chi connectivity index (χ2v) is 7.17. The number of hydrogen-bond acceptors (Lipinski definition) is 4. The van der Waals surface area contributed by atoms with Gasteiger partial charge in [0.05, 0.1) is 11.8 Å². The van der Waals surface area contributed by atoms with Gasteiger partial charge in [0, 0.05) is 32.7 Å². The molecule has 0 fully saturated rings. The summed E-state index contributed by atoms with van der Waals surface area (Å²) in [6, 6.07) is 15.0. The summed E-state index contributed by atoms with van der Waals surface area (Å²) < 4.78 is 0. The zero-order valence-corrected chi connectivity index (χ0v) is 15.5. The summed E-state index contributed by atoms with van der Waals surface area (Å²) in [5.74, 6) is -0.152. The quantitative estimate of drug-likeness (QED) is 0.438. The zero-order chi connectivity index (χ0) is 18.7. The minimum atomic E-state index is -0.414. The van der Waals surface area contributed by atoms with Crippen LogP contribution in [-0.2, 0) is 4.79 Å². The van der Waals surface area contributed by atoms with Gasteiger partial charge in [-0.3, -0.25) is 9.59 Å². The number of aromatic nitrogens is 1. The molecule has 0 radical (unpaired) electrons. The fraction of sp³-hybridized carbons (Fsp3) is 0.200. The van der Waals surface area contributed by atoms with Crippen LogP contribution in [0.1, 0.15) is 23.0 Å². The average molecular weight is 367 g/mol. The molecule has 0 saturated carbocycles. The molecule has 5 nitrogen and oxygen atoms in total. The van der Waals surface area contributed by atoms with Gasteiger partial charge in [-0.15, -0.1) is 11.8 Å². The summed E-state index contributed by atoms with van der Waals surface area (Å²) in [7, 11) is 0. The van der Waals surface area contributed by atoms with Gasteiger partial charge in [-0.05, 0) is 32.0 Å². The van der Waals surface area contributed by atoms with Crippen molar-refractivity contribution in [1.29, 1.82) is 0 Å². The molecule has 3 aromatic rings. The predicted molar refractivity (Wildman–Crippen MR) is 107 cm³/mol. The second kappa shape index (κ2) is 7.66. The fourth-order valence-electron chi connectivity index (χ4n) is 2.97. The molecule has 2 aromatic carbocycles. The highest BCUT2D eigenvalue weighted by Gasteiger charge is 2.22. The molecule has 1 atom stereocenters. The summed E-state index contributed by atoms with van der Waals surface area (Å²) in [6.45, 7) is 3.76. The van der Waals surface area contributed by atoms with E-state index in [1.54, 1.807) is 0 Å². The number of nitrogens with two attached hydrogens (primary N) is 1. The van der Waals surface area contributed by atoms with E-state index in [0.29, 0.717) is 5.56 Å². The molecule has 1 heterocycles. The summed E-state index contributed by atoms with van der Waals surface area (Å²) in [4.78, 5) is 28.3. The Morgan fingerprint density at radius 1 is 1.15 bits per heavy atom. The number of aromatic amines is 1. The number of ketones is 1. The highest BCUT2D eigenvalue weighted by atomic mass is 32.2. The molecule has 0 aliphatic rings. The summed E-state index contributed by atoms with van der Waals surface area (Å²) in [6.07, 6.45) is 0. The van der Waals surface area contributed by atoms with Crippen molar-refractivity contribution < 1.29 is 9.59 Å². The Labute approximate surface area is 156 Å². The first-order chi connectivity index (χ1) is 12.5. The van der Waals surface area contributed by atoms with Crippen LogP contribution in [0.3, 0.4) is 0 Å². The van der Waals surface area contributed by atoms with Crippen LogP contribution in [0, 0.1) is 6.92 Å². The fourth-order valence-corrected chi connectivity index (χ4v) is 3.73. The lowest BCUT2D eigenvalue weighted by molar-refractivity contribution is -0.115. The minimum Gasteiger partial charge on any atom is -0.374 e. The first kappa shape index (κ1) is 18.1. The van der Waals surface area contributed by atoms with Crippen molar-refractivity contribution in [3.63, 3.8) is 0 Å². The maximum absolute atomic E-state index is 13.1. The van der Waals surface area contributed by atoms with Gasteiger partial charge in [-0.2, -0.15) is 0 Å². The lowest BCUT2D eigenvalue weighted by atomic mass is 10.0. The molecule has 134 valence electrons. The summed E-state index contributed by atoms with van der Waals surface area (Å²) >= 11 is 1.36. The van der Waals surface area contributed by atoms with Crippen LogP contribution in [0.5, 0.6) is 0 Å². The van der Waals surface area contributed by atoms with E-state index in [1.165, 1.54) is 11.8 Å². The third-order valence-electron chi connectivity index (χ3n) is 4.16. The Balaban J connectivity index is 1.84. The first-order valence-corrected chi connectivity index (χ1v) is 9.34. The smallest absolute Gasteiger partial charge is 0.227 e. The van der Waals surface area contributed by atoms with Gasteiger partial charge in [0.15, 0.2) is 5.78 Å². The topological polar surface area (TPSA) is 88.0 Å². The lowest BCUT2D eigenvalue weighted by Gasteiger charge is -2.17. The normalized spacial score (nSPS) is 12.1. The van der Waals surface area contributed by atoms with E-state index in [2.05, 4.69) is 10.3 Å². The molecular weight excluding hydrogens is 346 g/mol. The average Bonchev–Trinajstić information content (AvgIpc) is 2.95. The van der Waals surface area contributed by atoms with Crippen LogP contribution in [-0.4, -0.2) is 28.5 Å². The third-order valence-corrected chi connectivity index (χ3v) is 5.26. The lowest BCUT2D eigenvalue weighted by Crippen LogP contribution is -2.27. The van der Waals surface area contributed by atoms with Gasteiger partial charge in [0.25, 0.3) is 0 Å². The highest BCUT2D eigenvalue weighted by molar-refractivity contribution is 8.00. The van der Waals surface area contributed by atoms with Crippen molar-refractivity contribution in [3.8, 4) is 0 Å². The number of carbonyl (C=O) groups excluding carboxylic acids is 2. The van der Waals surface area contributed by atoms with Crippen molar-refractivity contribution in [2.75, 3.05) is 11.1 Å². The molecule has 0 aliphatic carbocycles. The Morgan fingerprint density at radius 3 is 2.62 bits per heavy atom. The molecule has 0 bridgehead atoms. The number of hydrogen-bond donors (Lipinski definition) is 3. The molecular formula is C20H21N3O2S. The molecule has 0 saturated heterocycles. The molecule has 6 heteroatoms. The van der Waals surface area contributed by atoms with Crippen molar-refractivity contribution in [2.45, 2.75) is 24.8 Å². The largest absolute Gasteiger partial charge is 0.374 e. The number of carbonyl (C=O) groups is 2. The van der Waals surface area contributed by atoms with E-state index in [1.807, 2.05) is 62.4 Å². The van der Waals surface area contributed by atoms with Crippen LogP contribution < -0.4 is 11.1 Å². The van der Waals surface area contributed by atoms with E-state index in [4.69, 9.17) is 5.73 Å². The van der Waals surface area contributed by atoms with Gasteiger partial charge < -0.3 is 16.0 Å². The van der Waals surface area contributed by atoms with Crippen molar-refractivity contribution in [3.05, 3.63) is 59.8 Å². The van der Waals surface area contributed by atoms with Crippen LogP contribution in [0.25, 0.3) is 10.9 Å². The van der Waals surface area contributed by atoms with Crippen molar-refractivity contribution >= 4 is 40.0 Å². The number of amides is 1. The monoisotopic (exact) mass is 367 g/mol. The molecule has 1 aromatic heterocycles. The van der Waals surface area contributed by atoms with Gasteiger partial charge >= 0.3 is 0 Å². The molecule has 0 spiro atoms. The maximum Gasteiger partial charge on any atom is 0.227 e. The zero-order valence-electron chi connectivity index (χ0n) is 14.7. The summed E-state index contributed by atoms with van der Waals surface area (Å²) in [5.41, 5.74) is 8.58. The first-order valence-electron chi connectivity index (χ1n) is 8.35. The van der Waals surface area contributed by atoms with Crippen molar-refractivity contribution in [2.24, 2.45) is 5.73 Å². The Hall–Kier alpha value is -2.73. The maximum atomic E-state index is 13.1. The van der Waals surface area contributed by atoms with Gasteiger partial charge in [-0.25, -0.2) is 0 Å². The number of nitrogens with one attached hydrogen (secondary N) is 2. The van der Waals surface area contributed by atoms with Gasteiger partial charge in [-0.1, -0.05) is 30.3 Å². The van der Waals surface area contributed by atoms with Crippen LogP contribution in [0.4, 0.5) is 5.69 Å². The van der Waals surface area contributed by atoms with Gasteiger partial charge in [0.2, 0.25) is 5.91 Å². The number of H-pyrrole nitrogens is 1. The number of primary amides is 1. The number of para-hydroxylation sites is 2. The SMILES string of the molecule is Cc1[nH]c2ccccc2c1C(=O)[C@@H](C)Nc1ccccc1SCC(N)=O. The summed E-state index contributed by atoms with van der Waals surface area (Å²) in [5, 5.41) is 4.21. The third kappa shape index (κ3) is 3.75. The molecule has 4 N–H and O–H groups in total. The standard InChI is InChI=1S/C20H21N3O2S/c1-12-19(14-7-3-4-8-15(14)22-12)20(25)13(2)23-16-9-5-6-10-17(16)26-11-18(21)24/h3-10,13,22-23H,11H2,1-2H3,(H2,21,24)/t13-/m1/s1. The molecule has 0 unspecified atom stereocenters. The number of Topliss-reactive ketones (excluding diaryl/α,β-unsaturated/α-hetero) is 1. The van der Waals surface area contributed by atoms with E-state index in [9.17, 15) is 9.59 Å². The number of rotatable bonds is 7.